The maximum atomic E-state index is 11.7. The molecule has 0 radical (unpaired) electrons. The van der Waals surface area contributed by atoms with Gasteiger partial charge in [-0.15, -0.1) is 22.6 Å². The number of aromatic nitrogens is 3. The van der Waals surface area contributed by atoms with E-state index in [4.69, 9.17) is 0 Å². The quantitative estimate of drug-likeness (QED) is 0.714. The number of rotatable bonds is 2. The smallest absolute Gasteiger partial charge is 0.249 e. The molecule has 0 spiro atoms. The third-order valence-electron chi connectivity index (χ3n) is 2.11. The molecule has 0 saturated carbocycles. The molecule has 1 N–H and O–H groups in total. The van der Waals surface area contributed by atoms with Gasteiger partial charge in [0, 0.05) is 20.1 Å². The Morgan fingerprint density at radius 1 is 1.57 bits per heavy atom. The summed E-state index contributed by atoms with van der Waals surface area (Å²) in [6, 6.07) is 0. The van der Waals surface area contributed by atoms with Gasteiger partial charge in [-0.3, -0.25) is 0 Å². The zero-order chi connectivity index (χ0) is 9.47. The first kappa shape index (κ1) is 11.4. The minimum absolute atomic E-state index is 0. The van der Waals surface area contributed by atoms with Gasteiger partial charge < -0.3 is 9.88 Å². The van der Waals surface area contributed by atoms with E-state index in [1.54, 1.807) is 7.05 Å². The number of hydrogen-bond acceptors (Lipinski definition) is 5. The van der Waals surface area contributed by atoms with Crippen LogP contribution in [0.4, 0.5) is 0 Å². The van der Waals surface area contributed by atoms with Crippen molar-refractivity contribution in [1.82, 2.24) is 20.1 Å². The number of hydrogen-bond donors (Lipinski definition) is 1. The predicted octanol–water partition coefficient (Wildman–Crippen LogP) is -1.02. The molecule has 0 aliphatic carbocycles. The van der Waals surface area contributed by atoms with E-state index in [0.29, 0.717) is 13.1 Å². The van der Waals surface area contributed by atoms with Crippen LogP contribution in [0.3, 0.4) is 0 Å². The fourth-order valence-corrected chi connectivity index (χ4v) is 2.74. The van der Waals surface area contributed by atoms with Crippen LogP contribution in [0, 0.1) is 0 Å². The lowest BCUT2D eigenvalue weighted by atomic mass is 10.3. The van der Waals surface area contributed by atoms with Crippen molar-refractivity contribution in [2.45, 2.75) is 10.4 Å². The minimum atomic E-state index is -3.26. The molecular formula is C6H11ClN4O2S. The summed E-state index contributed by atoms with van der Waals surface area (Å²) in [5.41, 5.74) is 0. The van der Waals surface area contributed by atoms with Crippen LogP contribution in [0.25, 0.3) is 0 Å². The molecule has 2 rings (SSSR count). The number of aryl methyl sites for hydroxylation is 1. The predicted molar refractivity (Wildman–Crippen MR) is 52.1 cm³/mol. The van der Waals surface area contributed by atoms with E-state index in [2.05, 4.69) is 15.5 Å². The van der Waals surface area contributed by atoms with Crippen molar-refractivity contribution in [2.75, 3.05) is 13.1 Å². The average Bonchev–Trinajstić information content (AvgIpc) is 2.29. The van der Waals surface area contributed by atoms with Crippen LogP contribution in [0.1, 0.15) is 0 Å². The van der Waals surface area contributed by atoms with Crippen LogP contribution in [0.2, 0.25) is 0 Å². The van der Waals surface area contributed by atoms with Crippen LogP contribution >= 0.6 is 12.4 Å². The van der Waals surface area contributed by atoms with E-state index < -0.39 is 9.84 Å². The second-order valence-corrected chi connectivity index (χ2v) is 5.17. The maximum absolute atomic E-state index is 11.7. The Morgan fingerprint density at radius 3 is 2.57 bits per heavy atom. The van der Waals surface area contributed by atoms with E-state index in [1.807, 2.05) is 0 Å². The molecule has 1 aliphatic rings. The Balaban J connectivity index is 0.000000980. The molecule has 0 unspecified atom stereocenters. The van der Waals surface area contributed by atoms with Crippen molar-refractivity contribution in [1.29, 1.82) is 0 Å². The van der Waals surface area contributed by atoms with Gasteiger partial charge in [0.05, 0.1) is 5.25 Å². The molecule has 2 heterocycles. The molecule has 1 aliphatic heterocycles. The summed E-state index contributed by atoms with van der Waals surface area (Å²) in [7, 11) is -1.64. The largest absolute Gasteiger partial charge is 0.314 e. The summed E-state index contributed by atoms with van der Waals surface area (Å²) < 4.78 is 24.9. The molecule has 8 heteroatoms. The molecule has 0 aromatic carbocycles. The molecule has 1 aromatic rings. The highest BCUT2D eigenvalue weighted by atomic mass is 35.5. The standard InChI is InChI=1S/C6H10N4O2S.ClH/c1-10-4-8-9-6(10)13(11,12)5-2-7-3-5;/h4-5,7H,2-3H2,1H3;1H. The summed E-state index contributed by atoms with van der Waals surface area (Å²) in [5, 5.41) is 9.76. The maximum Gasteiger partial charge on any atom is 0.249 e. The Labute approximate surface area is 88.0 Å². The van der Waals surface area contributed by atoms with Crippen molar-refractivity contribution in [3.63, 3.8) is 0 Å². The van der Waals surface area contributed by atoms with E-state index in [-0.39, 0.29) is 22.8 Å². The van der Waals surface area contributed by atoms with Crippen LogP contribution in [0.5, 0.6) is 0 Å². The first-order valence-corrected chi connectivity index (χ1v) is 5.45. The first-order chi connectivity index (χ1) is 6.12. The van der Waals surface area contributed by atoms with Gasteiger partial charge in [-0.2, -0.15) is 0 Å². The van der Waals surface area contributed by atoms with Crippen LogP contribution in [0.15, 0.2) is 11.5 Å². The van der Waals surface area contributed by atoms with Gasteiger partial charge in [0.15, 0.2) is 0 Å². The Hall–Kier alpha value is -0.660. The van der Waals surface area contributed by atoms with Crippen molar-refractivity contribution in [3.8, 4) is 0 Å². The fraction of sp³-hybridized carbons (Fsp3) is 0.667. The van der Waals surface area contributed by atoms with Gasteiger partial charge in [0.2, 0.25) is 15.0 Å². The second-order valence-electron chi connectivity index (χ2n) is 3.05. The highest BCUT2D eigenvalue weighted by molar-refractivity contribution is 7.92. The minimum Gasteiger partial charge on any atom is -0.314 e. The molecule has 1 fully saturated rings. The third-order valence-corrected chi connectivity index (χ3v) is 4.20. The molecule has 80 valence electrons. The van der Waals surface area contributed by atoms with Crippen LogP contribution in [-0.4, -0.2) is 41.5 Å². The summed E-state index contributed by atoms with van der Waals surface area (Å²) >= 11 is 0. The molecular weight excluding hydrogens is 228 g/mol. The van der Waals surface area contributed by atoms with Crippen molar-refractivity contribution < 1.29 is 8.42 Å². The molecule has 1 saturated heterocycles. The lowest BCUT2D eigenvalue weighted by molar-refractivity contribution is 0.487. The highest BCUT2D eigenvalue weighted by Gasteiger charge is 2.35. The van der Waals surface area contributed by atoms with Crippen molar-refractivity contribution >= 4 is 22.2 Å². The second kappa shape index (κ2) is 3.84. The van der Waals surface area contributed by atoms with E-state index >= 15 is 0 Å². The van der Waals surface area contributed by atoms with E-state index in [1.165, 1.54) is 10.9 Å². The van der Waals surface area contributed by atoms with Gasteiger partial charge in [-0.1, -0.05) is 0 Å². The zero-order valence-corrected chi connectivity index (χ0v) is 9.18. The number of sulfone groups is 1. The molecule has 0 amide bonds. The number of nitrogens with one attached hydrogen (secondary N) is 1. The van der Waals surface area contributed by atoms with Crippen LogP contribution < -0.4 is 5.32 Å². The fourth-order valence-electron chi connectivity index (χ4n) is 1.16. The van der Waals surface area contributed by atoms with Crippen molar-refractivity contribution in [3.05, 3.63) is 6.33 Å². The first-order valence-electron chi connectivity index (χ1n) is 3.91. The topological polar surface area (TPSA) is 76.9 Å². The normalized spacial score (nSPS) is 17.2. The van der Waals surface area contributed by atoms with Gasteiger partial charge in [0.25, 0.3) is 0 Å². The lowest BCUT2D eigenvalue weighted by Gasteiger charge is -2.25. The van der Waals surface area contributed by atoms with E-state index in [9.17, 15) is 8.42 Å². The molecule has 14 heavy (non-hydrogen) atoms. The SMILES string of the molecule is Cl.Cn1cnnc1S(=O)(=O)C1CNC1. The summed E-state index contributed by atoms with van der Waals surface area (Å²) in [6.07, 6.45) is 1.39. The highest BCUT2D eigenvalue weighted by Crippen LogP contribution is 2.15. The summed E-state index contributed by atoms with van der Waals surface area (Å²) in [6.45, 7) is 1.02. The zero-order valence-electron chi connectivity index (χ0n) is 7.54. The monoisotopic (exact) mass is 238 g/mol. The van der Waals surface area contributed by atoms with Gasteiger partial charge in [-0.05, 0) is 0 Å². The van der Waals surface area contributed by atoms with Crippen molar-refractivity contribution in [2.24, 2.45) is 7.05 Å². The van der Waals surface area contributed by atoms with Gasteiger partial charge >= 0.3 is 0 Å². The molecule has 6 nitrogen and oxygen atoms in total. The van der Waals surface area contributed by atoms with Gasteiger partial charge in [0.1, 0.15) is 6.33 Å². The molecule has 0 bridgehead atoms. The Kier molecular flexibility index (Phi) is 3.13. The molecule has 0 atom stereocenters. The summed E-state index contributed by atoms with van der Waals surface area (Å²) in [5.74, 6) is 0. The molecule has 1 aromatic heterocycles. The Morgan fingerprint density at radius 2 is 2.21 bits per heavy atom. The third kappa shape index (κ3) is 1.62. The Bertz CT molecular complexity index is 411. The lowest BCUT2D eigenvalue weighted by Crippen LogP contribution is -2.51. The number of nitrogens with zero attached hydrogens (tertiary/aromatic N) is 3. The van der Waals surface area contributed by atoms with E-state index in [0.717, 1.165) is 0 Å². The number of halogens is 1. The average molecular weight is 239 g/mol. The van der Waals surface area contributed by atoms with Crippen LogP contribution in [-0.2, 0) is 16.9 Å². The summed E-state index contributed by atoms with van der Waals surface area (Å²) in [4.78, 5) is 0. The van der Waals surface area contributed by atoms with Gasteiger partial charge in [-0.25, -0.2) is 8.42 Å².